The Morgan fingerprint density at radius 3 is 2.57 bits per heavy atom. The van der Waals surface area contributed by atoms with Gasteiger partial charge in [0.2, 0.25) is 17.7 Å². The number of azide groups is 1. The van der Waals surface area contributed by atoms with Crippen LogP contribution in [0.1, 0.15) is 24.8 Å². The number of carbonyl (C=O) groups excluding carboxylic acids is 4. The van der Waals surface area contributed by atoms with Crippen molar-refractivity contribution in [3.05, 3.63) is 46.3 Å². The van der Waals surface area contributed by atoms with Gasteiger partial charge in [-0.3, -0.25) is 14.4 Å². The number of nitrogens with zero attached hydrogens (tertiary/aromatic N) is 3. The maximum Gasteiger partial charge on any atom is 0.408 e. The molecular formula is C18H25N7O5. The lowest BCUT2D eigenvalue weighted by atomic mass is 10.1. The van der Waals surface area contributed by atoms with Crippen molar-refractivity contribution in [2.24, 2.45) is 10.8 Å². The van der Waals surface area contributed by atoms with Crippen LogP contribution < -0.4 is 21.7 Å². The number of carbonyl (C=O) groups is 4. The van der Waals surface area contributed by atoms with E-state index in [1.54, 1.807) is 24.3 Å². The third-order valence-electron chi connectivity index (χ3n) is 3.74. The van der Waals surface area contributed by atoms with Gasteiger partial charge in [0.05, 0.1) is 6.54 Å². The Balaban J connectivity index is 2.47. The van der Waals surface area contributed by atoms with Gasteiger partial charge in [-0.2, -0.15) is 0 Å². The van der Waals surface area contributed by atoms with E-state index < -0.39 is 29.9 Å². The lowest BCUT2D eigenvalue weighted by Gasteiger charge is -2.18. The summed E-state index contributed by atoms with van der Waals surface area (Å²) in [6, 6.07) is 7.86. The second kappa shape index (κ2) is 14.2. The number of nitrogens with one attached hydrogen (secondary N) is 3. The molecule has 1 aromatic rings. The molecule has 0 heterocycles. The molecule has 162 valence electrons. The Kier molecular flexibility index (Phi) is 11.5. The minimum Gasteiger partial charge on any atom is -0.445 e. The van der Waals surface area contributed by atoms with Gasteiger partial charge >= 0.3 is 6.09 Å². The van der Waals surface area contributed by atoms with Crippen LogP contribution in [-0.4, -0.2) is 49.5 Å². The second-order valence-electron chi connectivity index (χ2n) is 6.14. The molecule has 4 amide bonds. The normalized spacial score (nSPS) is 10.8. The zero-order valence-corrected chi connectivity index (χ0v) is 16.4. The van der Waals surface area contributed by atoms with Crippen LogP contribution in [0.5, 0.6) is 0 Å². The molecular weight excluding hydrogens is 394 g/mol. The summed E-state index contributed by atoms with van der Waals surface area (Å²) in [5.41, 5.74) is 14.0. The van der Waals surface area contributed by atoms with Gasteiger partial charge in [-0.25, -0.2) is 4.79 Å². The zero-order valence-electron chi connectivity index (χ0n) is 16.4. The van der Waals surface area contributed by atoms with Gasteiger partial charge in [0.25, 0.3) is 0 Å². The summed E-state index contributed by atoms with van der Waals surface area (Å²) in [5, 5.41) is 10.6. The molecule has 1 aromatic carbocycles. The van der Waals surface area contributed by atoms with Crippen LogP contribution >= 0.6 is 0 Å². The summed E-state index contributed by atoms with van der Waals surface area (Å²) >= 11 is 0. The van der Waals surface area contributed by atoms with Gasteiger partial charge in [-0.05, 0) is 23.9 Å². The minimum absolute atomic E-state index is 0.00901. The maximum absolute atomic E-state index is 12.3. The van der Waals surface area contributed by atoms with Gasteiger partial charge in [0.15, 0.2) is 0 Å². The van der Waals surface area contributed by atoms with Gasteiger partial charge < -0.3 is 26.4 Å². The van der Waals surface area contributed by atoms with E-state index in [1.807, 2.05) is 6.07 Å². The number of amides is 4. The molecule has 0 aromatic heterocycles. The molecule has 0 saturated heterocycles. The quantitative estimate of drug-likeness (QED) is 0.156. The van der Waals surface area contributed by atoms with Crippen LogP contribution in [0.2, 0.25) is 0 Å². The van der Waals surface area contributed by atoms with Crippen LogP contribution in [-0.2, 0) is 25.7 Å². The maximum atomic E-state index is 12.3. The van der Waals surface area contributed by atoms with Gasteiger partial charge in [-0.15, -0.1) is 0 Å². The van der Waals surface area contributed by atoms with Gasteiger partial charge in [-0.1, -0.05) is 35.4 Å². The fraction of sp³-hybridized carbons (Fsp3) is 0.444. The van der Waals surface area contributed by atoms with E-state index >= 15 is 0 Å². The largest absolute Gasteiger partial charge is 0.445 e. The molecule has 0 radical (unpaired) electrons. The highest BCUT2D eigenvalue weighted by Gasteiger charge is 2.22. The highest BCUT2D eigenvalue weighted by atomic mass is 16.5. The van der Waals surface area contributed by atoms with Crippen molar-refractivity contribution >= 4 is 23.8 Å². The third-order valence-corrected chi connectivity index (χ3v) is 3.74. The van der Waals surface area contributed by atoms with E-state index in [1.165, 1.54) is 0 Å². The van der Waals surface area contributed by atoms with Crippen LogP contribution in [0.4, 0.5) is 4.79 Å². The molecule has 0 aliphatic carbocycles. The van der Waals surface area contributed by atoms with E-state index in [9.17, 15) is 19.2 Å². The number of benzene rings is 1. The lowest BCUT2D eigenvalue weighted by Crippen LogP contribution is -2.49. The van der Waals surface area contributed by atoms with E-state index in [4.69, 9.17) is 16.0 Å². The Morgan fingerprint density at radius 2 is 1.90 bits per heavy atom. The Morgan fingerprint density at radius 1 is 1.17 bits per heavy atom. The van der Waals surface area contributed by atoms with E-state index in [0.29, 0.717) is 6.42 Å². The SMILES string of the molecule is [N-]=[N+]=NCCCNC(=O)CNC(=O)[C@H](CCC(N)=O)NC(=O)OCc1ccccc1. The first kappa shape index (κ1) is 24.2. The first-order valence-electron chi connectivity index (χ1n) is 9.23. The average Bonchev–Trinajstić information content (AvgIpc) is 2.74. The molecule has 12 nitrogen and oxygen atoms in total. The van der Waals surface area contributed by atoms with Crippen molar-refractivity contribution in [2.75, 3.05) is 19.6 Å². The van der Waals surface area contributed by atoms with Crippen LogP contribution in [0.3, 0.4) is 0 Å². The van der Waals surface area contributed by atoms with Crippen molar-refractivity contribution < 1.29 is 23.9 Å². The molecule has 30 heavy (non-hydrogen) atoms. The zero-order chi connectivity index (χ0) is 22.2. The van der Waals surface area contributed by atoms with Crippen LogP contribution in [0, 0.1) is 0 Å². The summed E-state index contributed by atoms with van der Waals surface area (Å²) in [7, 11) is 0. The van der Waals surface area contributed by atoms with Crippen LogP contribution in [0.15, 0.2) is 35.4 Å². The molecule has 1 rings (SSSR count). The van der Waals surface area contributed by atoms with Crippen molar-refractivity contribution in [1.82, 2.24) is 16.0 Å². The summed E-state index contributed by atoms with van der Waals surface area (Å²) < 4.78 is 5.07. The summed E-state index contributed by atoms with van der Waals surface area (Å²) in [5.74, 6) is -1.74. The molecule has 5 N–H and O–H groups in total. The highest BCUT2D eigenvalue weighted by molar-refractivity contribution is 5.89. The van der Waals surface area contributed by atoms with Gasteiger partial charge in [0.1, 0.15) is 12.6 Å². The third kappa shape index (κ3) is 11.1. The van der Waals surface area contributed by atoms with E-state index in [2.05, 4.69) is 26.0 Å². The number of alkyl carbamates (subject to hydrolysis) is 1. The van der Waals surface area contributed by atoms with E-state index in [0.717, 1.165) is 5.56 Å². The number of hydrogen-bond donors (Lipinski definition) is 4. The molecule has 0 aliphatic rings. The predicted molar refractivity (Wildman–Crippen MR) is 107 cm³/mol. The van der Waals surface area contributed by atoms with Crippen molar-refractivity contribution in [1.29, 1.82) is 0 Å². The molecule has 0 spiro atoms. The number of primary amides is 1. The molecule has 0 bridgehead atoms. The summed E-state index contributed by atoms with van der Waals surface area (Å²) in [4.78, 5) is 49.7. The second-order valence-corrected chi connectivity index (χ2v) is 6.14. The molecule has 12 heteroatoms. The number of rotatable bonds is 13. The van der Waals surface area contributed by atoms with Crippen molar-refractivity contribution in [3.8, 4) is 0 Å². The van der Waals surface area contributed by atoms with Gasteiger partial charge in [0, 0.05) is 24.4 Å². The van der Waals surface area contributed by atoms with Crippen LogP contribution in [0.25, 0.3) is 10.4 Å². The Labute approximate surface area is 173 Å². The first-order chi connectivity index (χ1) is 14.4. The highest BCUT2D eigenvalue weighted by Crippen LogP contribution is 2.02. The number of hydrogen-bond acceptors (Lipinski definition) is 6. The fourth-order valence-electron chi connectivity index (χ4n) is 2.24. The van der Waals surface area contributed by atoms with Crippen molar-refractivity contribution in [3.63, 3.8) is 0 Å². The first-order valence-corrected chi connectivity index (χ1v) is 9.23. The number of nitrogens with two attached hydrogens (primary N) is 1. The smallest absolute Gasteiger partial charge is 0.408 e. The molecule has 0 aliphatic heterocycles. The molecule has 0 unspecified atom stereocenters. The molecule has 0 saturated carbocycles. The van der Waals surface area contributed by atoms with E-state index in [-0.39, 0.29) is 39.1 Å². The lowest BCUT2D eigenvalue weighted by molar-refractivity contribution is -0.127. The Bertz CT molecular complexity index is 765. The Hall–Kier alpha value is -3.79. The molecule has 1 atom stereocenters. The summed E-state index contributed by atoms with van der Waals surface area (Å²) in [6.45, 7) is 0.208. The topological polar surface area (TPSA) is 188 Å². The monoisotopic (exact) mass is 419 g/mol. The fourth-order valence-corrected chi connectivity index (χ4v) is 2.24. The summed E-state index contributed by atoms with van der Waals surface area (Å²) in [6.07, 6.45) is -0.566. The standard InChI is InChI=1S/C18H25N7O5/c19-15(26)8-7-14(24-18(29)30-12-13-5-2-1-3-6-13)17(28)22-11-16(27)21-9-4-10-23-25-20/h1-3,5-6,14H,4,7-12H2,(H2,19,26)(H,21,27)(H,22,28)(H,24,29)/t14-/m0/s1. The number of ether oxygens (including phenoxy) is 1. The van der Waals surface area contributed by atoms with Crippen molar-refractivity contribution in [2.45, 2.75) is 31.9 Å². The molecule has 0 fully saturated rings. The predicted octanol–water partition coefficient (Wildman–Crippen LogP) is 0.480. The average molecular weight is 419 g/mol. The minimum atomic E-state index is -1.10.